The number of amides is 1. The Bertz CT molecular complexity index is 1550. The first kappa shape index (κ1) is 24.1. The number of anilines is 1. The lowest BCUT2D eigenvalue weighted by atomic mass is 9.94. The molecule has 1 aliphatic heterocycles. The van der Waals surface area contributed by atoms with Gasteiger partial charge in [-0.2, -0.15) is 0 Å². The van der Waals surface area contributed by atoms with Crippen molar-refractivity contribution in [3.8, 4) is 11.5 Å². The van der Waals surface area contributed by atoms with E-state index in [0.29, 0.717) is 22.7 Å². The first-order chi connectivity index (χ1) is 17.8. The molecule has 0 aliphatic carbocycles. The fourth-order valence-corrected chi connectivity index (χ4v) is 4.80. The van der Waals surface area contributed by atoms with Gasteiger partial charge in [0.25, 0.3) is 11.7 Å². The van der Waals surface area contributed by atoms with Gasteiger partial charge in [0.15, 0.2) is 11.5 Å². The molecule has 0 saturated carbocycles. The Morgan fingerprint density at radius 1 is 0.892 bits per heavy atom. The number of rotatable bonds is 5. The highest BCUT2D eigenvalue weighted by Crippen LogP contribution is 2.44. The second-order valence-electron chi connectivity index (χ2n) is 9.41. The molecule has 37 heavy (non-hydrogen) atoms. The van der Waals surface area contributed by atoms with Crippen LogP contribution in [0.4, 0.5) is 5.69 Å². The van der Waals surface area contributed by atoms with E-state index in [1.165, 1.54) is 18.1 Å². The molecule has 2 N–H and O–H groups in total. The van der Waals surface area contributed by atoms with E-state index in [-0.39, 0.29) is 22.8 Å². The highest BCUT2D eigenvalue weighted by Gasteiger charge is 2.47. The average Bonchev–Trinajstić information content (AvgIpc) is 3.18. The van der Waals surface area contributed by atoms with Crippen LogP contribution in [0.15, 0.2) is 90.5 Å². The van der Waals surface area contributed by atoms with Crippen molar-refractivity contribution in [1.29, 1.82) is 0 Å². The number of phenolic OH excluding ortho intramolecular Hbond substituents is 1. The smallest absolute Gasteiger partial charge is 0.300 e. The number of aliphatic hydroxyl groups is 1. The van der Waals surface area contributed by atoms with Crippen LogP contribution in [-0.4, -0.2) is 29.0 Å². The molecular weight excluding hydrogens is 466 g/mol. The molecule has 1 saturated heterocycles. The summed E-state index contributed by atoms with van der Waals surface area (Å²) in [7, 11) is 1.44. The molecule has 1 atom stereocenters. The summed E-state index contributed by atoms with van der Waals surface area (Å²) < 4.78 is 5.18. The number of carbonyl (C=O) groups is 2. The Morgan fingerprint density at radius 3 is 2.24 bits per heavy atom. The quantitative estimate of drug-likeness (QED) is 0.193. The summed E-state index contributed by atoms with van der Waals surface area (Å²) >= 11 is 0. The number of fused-ring (bicyclic) bond motifs is 1. The third kappa shape index (κ3) is 4.20. The van der Waals surface area contributed by atoms with E-state index in [2.05, 4.69) is 13.8 Å². The van der Waals surface area contributed by atoms with Crippen molar-refractivity contribution in [2.75, 3.05) is 12.0 Å². The first-order valence-corrected chi connectivity index (χ1v) is 12.1. The van der Waals surface area contributed by atoms with Crippen LogP contribution in [0.1, 0.15) is 42.5 Å². The predicted octanol–water partition coefficient (Wildman–Crippen LogP) is 6.30. The maximum absolute atomic E-state index is 13.4. The van der Waals surface area contributed by atoms with E-state index in [0.717, 1.165) is 16.3 Å². The van der Waals surface area contributed by atoms with Crippen LogP contribution in [0.2, 0.25) is 0 Å². The number of methoxy groups -OCH3 is 1. The SMILES string of the molecule is COc1ccc(C2/C(=C(/O)c3ccc4ccccc4c3)C(=O)C(=O)N2c2ccc(C(C)C)cc2)cc1O. The molecular formula is C31H27NO5. The molecule has 1 unspecified atom stereocenters. The number of carbonyl (C=O) groups excluding carboxylic acids is 2. The zero-order valence-corrected chi connectivity index (χ0v) is 20.8. The number of phenols is 1. The van der Waals surface area contributed by atoms with Crippen molar-refractivity contribution >= 4 is 33.9 Å². The van der Waals surface area contributed by atoms with Gasteiger partial charge in [-0.3, -0.25) is 14.5 Å². The third-order valence-corrected chi connectivity index (χ3v) is 6.82. The number of hydrogen-bond donors (Lipinski definition) is 2. The summed E-state index contributed by atoms with van der Waals surface area (Å²) in [5.74, 6) is -1.39. The van der Waals surface area contributed by atoms with Crippen LogP contribution in [0, 0.1) is 0 Å². The summed E-state index contributed by atoms with van der Waals surface area (Å²) in [6, 6.07) is 24.3. The molecule has 0 bridgehead atoms. The topological polar surface area (TPSA) is 87.1 Å². The summed E-state index contributed by atoms with van der Waals surface area (Å²) in [5.41, 5.74) is 2.46. The van der Waals surface area contributed by atoms with Crippen molar-refractivity contribution < 1.29 is 24.5 Å². The molecule has 6 heteroatoms. The summed E-state index contributed by atoms with van der Waals surface area (Å²) in [5, 5.41) is 23.8. The molecule has 1 heterocycles. The Kier molecular flexibility index (Phi) is 6.17. The minimum absolute atomic E-state index is 0.0437. The van der Waals surface area contributed by atoms with Gasteiger partial charge in [0.1, 0.15) is 5.76 Å². The molecule has 0 spiro atoms. The molecule has 186 valence electrons. The Labute approximate surface area is 215 Å². The zero-order chi connectivity index (χ0) is 26.3. The van der Waals surface area contributed by atoms with E-state index in [1.807, 2.05) is 42.5 Å². The normalized spacial score (nSPS) is 17.1. The van der Waals surface area contributed by atoms with Gasteiger partial charge in [-0.05, 0) is 58.1 Å². The second-order valence-corrected chi connectivity index (χ2v) is 9.41. The molecule has 0 radical (unpaired) electrons. The van der Waals surface area contributed by atoms with Gasteiger partial charge >= 0.3 is 0 Å². The highest BCUT2D eigenvalue weighted by molar-refractivity contribution is 6.51. The lowest BCUT2D eigenvalue weighted by molar-refractivity contribution is -0.132. The van der Waals surface area contributed by atoms with Gasteiger partial charge in [-0.1, -0.05) is 68.4 Å². The fraction of sp³-hybridized carbons (Fsp3) is 0.161. The maximum atomic E-state index is 13.4. The average molecular weight is 494 g/mol. The van der Waals surface area contributed by atoms with Crippen molar-refractivity contribution in [2.45, 2.75) is 25.8 Å². The van der Waals surface area contributed by atoms with E-state index >= 15 is 0 Å². The highest BCUT2D eigenvalue weighted by atomic mass is 16.5. The standard InChI is InChI=1S/C31H27NO5/c1-18(2)19-10-13-24(14-11-19)32-28(22-12-15-26(37-3)25(33)17-22)27(30(35)31(32)36)29(34)23-9-8-20-6-4-5-7-21(20)16-23/h4-18,28,33-34H,1-3H3/b29-27-. The minimum Gasteiger partial charge on any atom is -0.507 e. The van der Waals surface area contributed by atoms with Crippen LogP contribution >= 0.6 is 0 Å². The molecule has 0 aromatic heterocycles. The van der Waals surface area contributed by atoms with Gasteiger partial charge in [0, 0.05) is 11.3 Å². The van der Waals surface area contributed by atoms with Crippen LogP contribution in [-0.2, 0) is 9.59 Å². The number of ether oxygens (including phenoxy) is 1. The molecule has 4 aromatic rings. The fourth-order valence-electron chi connectivity index (χ4n) is 4.80. The second kappa shape index (κ2) is 9.47. The van der Waals surface area contributed by atoms with Gasteiger partial charge in [-0.15, -0.1) is 0 Å². The van der Waals surface area contributed by atoms with Crippen molar-refractivity contribution in [3.05, 3.63) is 107 Å². The number of benzene rings is 4. The number of nitrogens with zero attached hydrogens (tertiary/aromatic N) is 1. The van der Waals surface area contributed by atoms with Crippen molar-refractivity contribution in [3.63, 3.8) is 0 Å². The lowest BCUT2D eigenvalue weighted by Crippen LogP contribution is -2.29. The van der Waals surface area contributed by atoms with Crippen molar-refractivity contribution in [2.24, 2.45) is 0 Å². The monoisotopic (exact) mass is 493 g/mol. The van der Waals surface area contributed by atoms with Gasteiger partial charge in [-0.25, -0.2) is 0 Å². The minimum atomic E-state index is -0.951. The molecule has 1 aliphatic rings. The summed E-state index contributed by atoms with van der Waals surface area (Å²) in [4.78, 5) is 28.2. The third-order valence-electron chi connectivity index (χ3n) is 6.82. The predicted molar refractivity (Wildman–Crippen MR) is 144 cm³/mol. The van der Waals surface area contributed by atoms with Crippen molar-refractivity contribution in [1.82, 2.24) is 0 Å². The van der Waals surface area contributed by atoms with E-state index in [4.69, 9.17) is 4.74 Å². The first-order valence-electron chi connectivity index (χ1n) is 12.1. The zero-order valence-electron chi connectivity index (χ0n) is 20.8. The number of hydrogen-bond acceptors (Lipinski definition) is 5. The Balaban J connectivity index is 1.71. The van der Waals surface area contributed by atoms with Crippen LogP contribution in [0.3, 0.4) is 0 Å². The Hall–Kier alpha value is -4.58. The number of aliphatic hydroxyl groups excluding tert-OH is 1. The summed E-state index contributed by atoms with van der Waals surface area (Å²) in [6.45, 7) is 4.15. The van der Waals surface area contributed by atoms with Crippen LogP contribution in [0.25, 0.3) is 16.5 Å². The van der Waals surface area contributed by atoms with Gasteiger partial charge in [0.2, 0.25) is 0 Å². The van der Waals surface area contributed by atoms with E-state index < -0.39 is 17.7 Å². The summed E-state index contributed by atoms with van der Waals surface area (Å²) in [6.07, 6.45) is 0. The lowest BCUT2D eigenvalue weighted by Gasteiger charge is -2.26. The van der Waals surface area contributed by atoms with Crippen LogP contribution < -0.4 is 9.64 Å². The van der Waals surface area contributed by atoms with E-state index in [1.54, 1.807) is 36.4 Å². The molecule has 4 aromatic carbocycles. The number of ketones is 1. The maximum Gasteiger partial charge on any atom is 0.300 e. The largest absolute Gasteiger partial charge is 0.507 e. The van der Waals surface area contributed by atoms with Gasteiger partial charge < -0.3 is 14.9 Å². The number of Topliss-reactive ketones (excluding diaryl/α,β-unsaturated/α-hetero) is 1. The van der Waals surface area contributed by atoms with Crippen LogP contribution in [0.5, 0.6) is 11.5 Å². The number of aromatic hydroxyl groups is 1. The van der Waals surface area contributed by atoms with Gasteiger partial charge in [0.05, 0.1) is 18.7 Å². The molecule has 1 amide bonds. The molecule has 5 rings (SSSR count). The Morgan fingerprint density at radius 2 is 1.59 bits per heavy atom. The molecule has 6 nitrogen and oxygen atoms in total. The molecule has 1 fully saturated rings. The van der Waals surface area contributed by atoms with E-state index in [9.17, 15) is 19.8 Å².